The number of nitrogens with zero attached hydrogens (tertiary/aromatic N) is 3. The minimum Gasteiger partial charge on any atom is -0.478 e. The van der Waals surface area contributed by atoms with Gasteiger partial charge in [-0.05, 0) is 49.2 Å². The van der Waals surface area contributed by atoms with Gasteiger partial charge in [-0.15, -0.1) is 0 Å². The highest BCUT2D eigenvalue weighted by Gasteiger charge is 2.35. The first-order valence-electron chi connectivity index (χ1n) is 11.3. The number of carboxylic acid groups (broad SMARTS) is 1. The van der Waals surface area contributed by atoms with Gasteiger partial charge in [0.1, 0.15) is 6.29 Å². The molecule has 33 heavy (non-hydrogen) atoms. The minimum atomic E-state index is -0.936. The molecule has 7 nitrogen and oxygen atoms in total. The van der Waals surface area contributed by atoms with Crippen LogP contribution in [0.1, 0.15) is 40.5 Å². The van der Waals surface area contributed by atoms with Crippen LogP contribution in [0.25, 0.3) is 10.9 Å². The summed E-state index contributed by atoms with van der Waals surface area (Å²) in [6.45, 7) is 3.94. The number of para-hydroxylation sites is 1. The van der Waals surface area contributed by atoms with Crippen molar-refractivity contribution in [3.8, 4) is 0 Å². The molecule has 1 amide bonds. The summed E-state index contributed by atoms with van der Waals surface area (Å²) in [6, 6.07) is 14.9. The van der Waals surface area contributed by atoms with Crippen LogP contribution >= 0.6 is 0 Å². The van der Waals surface area contributed by atoms with Gasteiger partial charge >= 0.3 is 5.97 Å². The van der Waals surface area contributed by atoms with Crippen LogP contribution in [-0.2, 0) is 29.1 Å². The summed E-state index contributed by atoms with van der Waals surface area (Å²) >= 11 is 0. The molecule has 1 aliphatic rings. The lowest BCUT2D eigenvalue weighted by molar-refractivity contribution is -0.138. The molecule has 2 heterocycles. The summed E-state index contributed by atoms with van der Waals surface area (Å²) in [5.74, 6) is -0.937. The molecule has 172 valence electrons. The highest BCUT2D eigenvalue weighted by molar-refractivity contribution is 5.89. The van der Waals surface area contributed by atoms with Crippen molar-refractivity contribution in [2.45, 2.75) is 38.9 Å². The zero-order chi connectivity index (χ0) is 23.5. The van der Waals surface area contributed by atoms with Gasteiger partial charge in [-0.2, -0.15) is 0 Å². The second kappa shape index (κ2) is 9.58. The molecule has 0 radical (unpaired) electrons. The lowest BCUT2D eigenvalue weighted by Crippen LogP contribution is -2.51. The lowest BCUT2D eigenvalue weighted by Gasteiger charge is -2.35. The third-order valence-corrected chi connectivity index (χ3v) is 6.45. The molecule has 0 saturated heterocycles. The predicted octanol–water partition coefficient (Wildman–Crippen LogP) is 3.18. The number of hydrogen-bond acceptors (Lipinski definition) is 4. The number of amides is 1. The largest absolute Gasteiger partial charge is 0.478 e. The summed E-state index contributed by atoms with van der Waals surface area (Å²) in [5.41, 5.74) is 4.73. The predicted molar refractivity (Wildman–Crippen MR) is 126 cm³/mol. The van der Waals surface area contributed by atoms with E-state index in [-0.39, 0.29) is 24.1 Å². The Kier molecular flexibility index (Phi) is 6.60. The molecule has 1 aromatic heterocycles. The molecule has 0 aliphatic carbocycles. The standard InChI is InChI=1S/C26H29N3O4/c1-3-12-28(13-14-30)25(31)23-15-21-20-6-4-5-7-22(20)29(24(21)17-27(23)2)16-18-8-10-19(11-9-18)26(32)33/h4-11,14,23H,3,12-13,15-17H2,1-2H3,(H,32,33). The highest BCUT2D eigenvalue weighted by atomic mass is 16.4. The fourth-order valence-electron chi connectivity index (χ4n) is 4.79. The number of likely N-dealkylation sites (N-methyl/N-ethyl adjacent to an activating group) is 1. The van der Waals surface area contributed by atoms with E-state index in [1.165, 1.54) is 11.3 Å². The summed E-state index contributed by atoms with van der Waals surface area (Å²) in [5, 5.41) is 10.3. The third kappa shape index (κ3) is 4.41. The first-order valence-corrected chi connectivity index (χ1v) is 11.3. The maximum absolute atomic E-state index is 13.3. The molecule has 4 rings (SSSR count). The fraction of sp³-hybridized carbons (Fsp3) is 0.346. The maximum atomic E-state index is 13.3. The quantitative estimate of drug-likeness (QED) is 0.537. The van der Waals surface area contributed by atoms with Gasteiger partial charge in [0, 0.05) is 36.2 Å². The van der Waals surface area contributed by atoms with Crippen LogP contribution in [-0.4, -0.2) is 63.8 Å². The smallest absolute Gasteiger partial charge is 0.335 e. The zero-order valence-corrected chi connectivity index (χ0v) is 19.0. The molecule has 0 spiro atoms. The van der Waals surface area contributed by atoms with Crippen LogP contribution in [0.3, 0.4) is 0 Å². The molecular weight excluding hydrogens is 418 g/mol. The van der Waals surface area contributed by atoms with E-state index >= 15 is 0 Å². The number of aromatic nitrogens is 1. The molecule has 1 atom stereocenters. The number of fused-ring (bicyclic) bond motifs is 3. The normalized spacial score (nSPS) is 15.9. The van der Waals surface area contributed by atoms with Gasteiger partial charge in [-0.3, -0.25) is 9.69 Å². The number of aldehydes is 1. The van der Waals surface area contributed by atoms with Gasteiger partial charge in [0.25, 0.3) is 0 Å². The van der Waals surface area contributed by atoms with Crippen molar-refractivity contribution in [1.82, 2.24) is 14.4 Å². The number of rotatable bonds is 8. The Labute approximate surface area is 193 Å². The molecule has 0 fully saturated rings. The van der Waals surface area contributed by atoms with Gasteiger partial charge < -0.3 is 19.4 Å². The Bertz CT molecular complexity index is 1180. The van der Waals surface area contributed by atoms with Gasteiger partial charge in [-0.25, -0.2) is 4.79 Å². The maximum Gasteiger partial charge on any atom is 0.335 e. The average molecular weight is 448 g/mol. The Hall–Kier alpha value is -3.45. The van der Waals surface area contributed by atoms with Gasteiger partial charge in [-0.1, -0.05) is 37.3 Å². The van der Waals surface area contributed by atoms with Gasteiger partial charge in [0.2, 0.25) is 5.91 Å². The second-order valence-corrected chi connectivity index (χ2v) is 8.62. The van der Waals surface area contributed by atoms with E-state index in [4.69, 9.17) is 0 Å². The number of carboxylic acids is 1. The van der Waals surface area contributed by atoms with Crippen LogP contribution in [0.4, 0.5) is 0 Å². The van der Waals surface area contributed by atoms with E-state index in [0.717, 1.165) is 29.2 Å². The molecule has 1 aliphatic heterocycles. The molecule has 1 unspecified atom stereocenters. The Morgan fingerprint density at radius 3 is 2.55 bits per heavy atom. The summed E-state index contributed by atoms with van der Waals surface area (Å²) < 4.78 is 2.27. The Morgan fingerprint density at radius 2 is 1.88 bits per heavy atom. The summed E-state index contributed by atoms with van der Waals surface area (Å²) in [7, 11) is 1.96. The number of aromatic carboxylic acids is 1. The van der Waals surface area contributed by atoms with Crippen LogP contribution < -0.4 is 0 Å². The number of carbonyl (C=O) groups excluding carboxylic acids is 2. The minimum absolute atomic E-state index is 0.00168. The van der Waals surface area contributed by atoms with E-state index in [1.807, 2.05) is 38.2 Å². The molecule has 0 saturated carbocycles. The molecule has 2 aromatic carbocycles. The molecule has 0 bridgehead atoms. The number of benzene rings is 2. The van der Waals surface area contributed by atoms with Gasteiger partial charge in [0.05, 0.1) is 18.2 Å². The van der Waals surface area contributed by atoms with Crippen molar-refractivity contribution in [1.29, 1.82) is 0 Å². The van der Waals surface area contributed by atoms with Crippen LogP contribution in [0, 0.1) is 0 Å². The van der Waals surface area contributed by atoms with Crippen molar-refractivity contribution < 1.29 is 19.5 Å². The van der Waals surface area contributed by atoms with E-state index < -0.39 is 5.97 Å². The summed E-state index contributed by atoms with van der Waals surface area (Å²) in [6.07, 6.45) is 2.19. The fourth-order valence-corrected chi connectivity index (χ4v) is 4.79. The average Bonchev–Trinajstić information content (AvgIpc) is 3.11. The van der Waals surface area contributed by atoms with Crippen molar-refractivity contribution >= 4 is 29.1 Å². The third-order valence-electron chi connectivity index (χ3n) is 6.45. The lowest BCUT2D eigenvalue weighted by atomic mass is 9.96. The van der Waals surface area contributed by atoms with Crippen molar-refractivity contribution in [3.63, 3.8) is 0 Å². The van der Waals surface area contributed by atoms with Crippen molar-refractivity contribution in [2.24, 2.45) is 0 Å². The van der Waals surface area contributed by atoms with Gasteiger partial charge in [0.15, 0.2) is 0 Å². The number of carbonyl (C=O) groups is 3. The van der Waals surface area contributed by atoms with E-state index in [9.17, 15) is 19.5 Å². The van der Waals surface area contributed by atoms with E-state index in [2.05, 4.69) is 21.6 Å². The zero-order valence-electron chi connectivity index (χ0n) is 19.0. The Balaban J connectivity index is 1.70. The highest BCUT2D eigenvalue weighted by Crippen LogP contribution is 2.33. The number of hydrogen-bond donors (Lipinski definition) is 1. The molecular formula is C26H29N3O4. The van der Waals surface area contributed by atoms with Crippen LogP contribution in [0.2, 0.25) is 0 Å². The first kappa shape index (κ1) is 22.7. The van der Waals surface area contributed by atoms with Crippen molar-refractivity contribution in [2.75, 3.05) is 20.1 Å². The van der Waals surface area contributed by atoms with E-state index in [0.29, 0.717) is 26.1 Å². The second-order valence-electron chi connectivity index (χ2n) is 8.62. The first-order chi connectivity index (χ1) is 15.9. The molecule has 1 N–H and O–H groups in total. The molecule has 3 aromatic rings. The molecule has 7 heteroatoms. The monoisotopic (exact) mass is 447 g/mol. The Morgan fingerprint density at radius 1 is 1.15 bits per heavy atom. The van der Waals surface area contributed by atoms with Crippen molar-refractivity contribution in [3.05, 3.63) is 70.9 Å². The summed E-state index contributed by atoms with van der Waals surface area (Å²) in [4.78, 5) is 39.3. The topological polar surface area (TPSA) is 82.8 Å². The van der Waals surface area contributed by atoms with Crippen LogP contribution in [0.5, 0.6) is 0 Å². The van der Waals surface area contributed by atoms with E-state index in [1.54, 1.807) is 17.0 Å². The SMILES string of the molecule is CCCN(CC=O)C(=O)C1Cc2c(n(Cc3ccc(C(=O)O)cc3)c3ccccc23)CN1C. The van der Waals surface area contributed by atoms with Crippen LogP contribution in [0.15, 0.2) is 48.5 Å².